The fourth-order valence-corrected chi connectivity index (χ4v) is 1.54. The first-order chi connectivity index (χ1) is 8.86. The molecule has 7 heteroatoms. The summed E-state index contributed by atoms with van der Waals surface area (Å²) < 4.78 is 42.5. The van der Waals surface area contributed by atoms with Crippen molar-refractivity contribution in [2.45, 2.75) is 25.6 Å². The number of aliphatic hydroxyl groups is 1. The van der Waals surface area contributed by atoms with Crippen LogP contribution in [0.1, 0.15) is 18.4 Å². The lowest BCUT2D eigenvalue weighted by molar-refractivity contribution is -0.137. The standard InChI is InChI=1S/C12H11F3N2O2/c1-7(18)5-10-16-11(17-19-10)8-3-2-4-9(6-8)12(13,14)15/h2-4,6-7,18H,5H2,1H3. The van der Waals surface area contributed by atoms with Gasteiger partial charge in [0.1, 0.15) is 0 Å². The van der Waals surface area contributed by atoms with Crippen molar-refractivity contribution in [3.63, 3.8) is 0 Å². The molecule has 4 nitrogen and oxygen atoms in total. The van der Waals surface area contributed by atoms with Gasteiger partial charge in [-0.1, -0.05) is 17.3 Å². The normalized spacial score (nSPS) is 13.5. The van der Waals surface area contributed by atoms with Crippen LogP contribution in [0.4, 0.5) is 13.2 Å². The van der Waals surface area contributed by atoms with Gasteiger partial charge in [-0.25, -0.2) is 0 Å². The predicted molar refractivity (Wildman–Crippen MR) is 60.1 cm³/mol. The Morgan fingerprint density at radius 2 is 2.11 bits per heavy atom. The van der Waals surface area contributed by atoms with E-state index in [0.717, 1.165) is 12.1 Å². The number of benzene rings is 1. The highest BCUT2D eigenvalue weighted by Gasteiger charge is 2.30. The molecule has 0 aliphatic heterocycles. The van der Waals surface area contributed by atoms with Crippen LogP contribution in [0.3, 0.4) is 0 Å². The monoisotopic (exact) mass is 272 g/mol. The van der Waals surface area contributed by atoms with Gasteiger partial charge in [-0.15, -0.1) is 0 Å². The van der Waals surface area contributed by atoms with Crippen molar-refractivity contribution >= 4 is 0 Å². The first-order valence-electron chi connectivity index (χ1n) is 5.54. The van der Waals surface area contributed by atoms with E-state index in [1.165, 1.54) is 12.1 Å². The maximum Gasteiger partial charge on any atom is 0.416 e. The van der Waals surface area contributed by atoms with Crippen LogP contribution >= 0.6 is 0 Å². The van der Waals surface area contributed by atoms with Crippen LogP contribution in [0, 0.1) is 0 Å². The SMILES string of the molecule is CC(O)Cc1nc(-c2cccc(C(F)(F)F)c2)no1. The Morgan fingerprint density at radius 1 is 1.37 bits per heavy atom. The lowest BCUT2D eigenvalue weighted by atomic mass is 10.1. The number of nitrogens with zero attached hydrogens (tertiary/aromatic N) is 2. The highest BCUT2D eigenvalue weighted by atomic mass is 19.4. The Labute approximate surface area is 106 Å². The second kappa shape index (κ2) is 5.00. The van der Waals surface area contributed by atoms with E-state index in [4.69, 9.17) is 9.63 Å². The van der Waals surface area contributed by atoms with Gasteiger partial charge < -0.3 is 9.63 Å². The molecule has 0 radical (unpaired) electrons. The van der Waals surface area contributed by atoms with Crippen molar-refractivity contribution in [3.8, 4) is 11.4 Å². The lowest BCUT2D eigenvalue weighted by Crippen LogP contribution is -2.05. The molecule has 1 heterocycles. The smallest absolute Gasteiger partial charge is 0.393 e. The molecule has 0 saturated heterocycles. The summed E-state index contributed by atoms with van der Waals surface area (Å²) >= 11 is 0. The van der Waals surface area contributed by atoms with Crippen molar-refractivity contribution in [1.29, 1.82) is 0 Å². The van der Waals surface area contributed by atoms with Crippen molar-refractivity contribution in [3.05, 3.63) is 35.7 Å². The maximum atomic E-state index is 12.6. The molecule has 1 unspecified atom stereocenters. The van der Waals surface area contributed by atoms with Gasteiger partial charge in [0.05, 0.1) is 18.1 Å². The summed E-state index contributed by atoms with van der Waals surface area (Å²) in [5.74, 6) is 0.254. The fraction of sp³-hybridized carbons (Fsp3) is 0.333. The van der Waals surface area contributed by atoms with Crippen LogP contribution in [-0.2, 0) is 12.6 Å². The van der Waals surface area contributed by atoms with E-state index >= 15 is 0 Å². The third-order valence-electron chi connectivity index (χ3n) is 2.39. The Morgan fingerprint density at radius 3 is 2.74 bits per heavy atom. The number of alkyl halides is 3. The molecule has 0 aliphatic carbocycles. The summed E-state index contributed by atoms with van der Waals surface area (Å²) in [5, 5.41) is 12.8. The number of aromatic nitrogens is 2. The largest absolute Gasteiger partial charge is 0.416 e. The predicted octanol–water partition coefficient (Wildman–Crippen LogP) is 2.68. The van der Waals surface area contributed by atoms with Crippen LogP contribution in [-0.4, -0.2) is 21.4 Å². The summed E-state index contributed by atoms with van der Waals surface area (Å²) in [4.78, 5) is 3.94. The zero-order valence-corrected chi connectivity index (χ0v) is 9.98. The quantitative estimate of drug-likeness (QED) is 0.933. The summed E-state index contributed by atoms with van der Waals surface area (Å²) in [7, 11) is 0. The number of halogens is 3. The summed E-state index contributed by atoms with van der Waals surface area (Å²) in [6, 6.07) is 4.67. The molecule has 19 heavy (non-hydrogen) atoms. The second-order valence-electron chi connectivity index (χ2n) is 4.14. The Kier molecular flexibility index (Phi) is 3.57. The molecule has 0 fully saturated rings. The van der Waals surface area contributed by atoms with E-state index in [2.05, 4.69) is 10.1 Å². The average molecular weight is 272 g/mol. The van der Waals surface area contributed by atoms with Gasteiger partial charge in [0.25, 0.3) is 0 Å². The van der Waals surface area contributed by atoms with Crippen LogP contribution in [0.25, 0.3) is 11.4 Å². The highest BCUT2D eigenvalue weighted by Crippen LogP contribution is 2.31. The van der Waals surface area contributed by atoms with Gasteiger partial charge in [0.2, 0.25) is 11.7 Å². The van der Waals surface area contributed by atoms with Gasteiger partial charge in [-0.3, -0.25) is 0 Å². The van der Waals surface area contributed by atoms with Gasteiger partial charge in [-0.2, -0.15) is 18.2 Å². The minimum atomic E-state index is -4.41. The molecule has 0 spiro atoms. The number of rotatable bonds is 3. The molecule has 0 amide bonds. The van der Waals surface area contributed by atoms with Gasteiger partial charge in [0.15, 0.2) is 0 Å². The van der Waals surface area contributed by atoms with Crippen LogP contribution < -0.4 is 0 Å². The molecule has 2 aromatic rings. The topological polar surface area (TPSA) is 59.2 Å². The zero-order valence-electron chi connectivity index (χ0n) is 9.98. The minimum absolute atomic E-state index is 0.0711. The summed E-state index contributed by atoms with van der Waals surface area (Å²) in [6.45, 7) is 1.55. The average Bonchev–Trinajstić information content (AvgIpc) is 2.76. The van der Waals surface area contributed by atoms with Gasteiger partial charge in [-0.05, 0) is 19.1 Å². The van der Waals surface area contributed by atoms with Gasteiger partial charge >= 0.3 is 6.18 Å². The fourth-order valence-electron chi connectivity index (χ4n) is 1.54. The van der Waals surface area contributed by atoms with E-state index in [-0.39, 0.29) is 23.7 Å². The third-order valence-corrected chi connectivity index (χ3v) is 2.39. The first kappa shape index (κ1) is 13.5. The molecular formula is C12H11F3N2O2. The molecule has 1 atom stereocenters. The van der Waals surface area contributed by atoms with Crippen molar-refractivity contribution < 1.29 is 22.8 Å². The zero-order chi connectivity index (χ0) is 14.0. The summed E-state index contributed by atoms with van der Waals surface area (Å²) in [5.41, 5.74) is -0.553. The molecule has 1 aromatic heterocycles. The van der Waals surface area contributed by atoms with E-state index in [0.29, 0.717) is 0 Å². The molecule has 1 aromatic carbocycles. The minimum Gasteiger partial charge on any atom is -0.393 e. The van der Waals surface area contributed by atoms with Crippen LogP contribution in [0.5, 0.6) is 0 Å². The van der Waals surface area contributed by atoms with Gasteiger partial charge in [0, 0.05) is 5.56 Å². The van der Waals surface area contributed by atoms with Crippen molar-refractivity contribution in [2.75, 3.05) is 0 Å². The van der Waals surface area contributed by atoms with Crippen molar-refractivity contribution in [1.82, 2.24) is 10.1 Å². The number of aliphatic hydroxyl groups excluding tert-OH is 1. The van der Waals surface area contributed by atoms with Crippen LogP contribution in [0.15, 0.2) is 28.8 Å². The molecule has 102 valence electrons. The molecule has 1 N–H and O–H groups in total. The number of hydrogen-bond donors (Lipinski definition) is 1. The molecule has 2 rings (SSSR count). The first-order valence-corrected chi connectivity index (χ1v) is 5.54. The molecule has 0 aliphatic rings. The molecule has 0 bridgehead atoms. The molecule has 0 saturated carbocycles. The van der Waals surface area contributed by atoms with Crippen LogP contribution in [0.2, 0.25) is 0 Å². The van der Waals surface area contributed by atoms with E-state index in [1.54, 1.807) is 6.92 Å². The number of hydrogen-bond acceptors (Lipinski definition) is 4. The van der Waals surface area contributed by atoms with E-state index in [1.807, 2.05) is 0 Å². The Balaban J connectivity index is 2.29. The van der Waals surface area contributed by atoms with E-state index in [9.17, 15) is 13.2 Å². The maximum absolute atomic E-state index is 12.6. The molecular weight excluding hydrogens is 261 g/mol. The second-order valence-corrected chi connectivity index (χ2v) is 4.14. The third kappa shape index (κ3) is 3.31. The summed E-state index contributed by atoms with van der Waals surface area (Å²) in [6.07, 6.45) is -4.91. The highest BCUT2D eigenvalue weighted by molar-refractivity contribution is 5.55. The van der Waals surface area contributed by atoms with E-state index < -0.39 is 17.8 Å². The Bertz CT molecular complexity index is 564. The van der Waals surface area contributed by atoms with Crippen molar-refractivity contribution in [2.24, 2.45) is 0 Å². The lowest BCUT2D eigenvalue weighted by Gasteiger charge is -2.06. The Hall–Kier alpha value is -1.89.